The van der Waals surface area contributed by atoms with Gasteiger partial charge in [-0.05, 0) is 47.1 Å². The minimum atomic E-state index is 0.238. The van der Waals surface area contributed by atoms with Gasteiger partial charge in [0, 0.05) is 38.7 Å². The van der Waals surface area contributed by atoms with E-state index in [2.05, 4.69) is 18.7 Å². The number of carbonyl (C=O) groups is 1. The fraction of sp³-hybridized carbons (Fsp3) is 0.929. The lowest BCUT2D eigenvalue weighted by molar-refractivity contribution is -0.131. The summed E-state index contributed by atoms with van der Waals surface area (Å²) in [5.74, 6) is 0.255. The molecule has 0 aromatic carbocycles. The van der Waals surface area contributed by atoms with Crippen molar-refractivity contribution in [2.75, 3.05) is 32.8 Å². The van der Waals surface area contributed by atoms with E-state index in [-0.39, 0.29) is 12.5 Å². The summed E-state index contributed by atoms with van der Waals surface area (Å²) in [5, 5.41) is 8.86. The fourth-order valence-electron chi connectivity index (χ4n) is 2.07. The summed E-state index contributed by atoms with van der Waals surface area (Å²) in [6.45, 7) is 12.0. The zero-order chi connectivity index (χ0) is 14.0. The summed E-state index contributed by atoms with van der Waals surface area (Å²) in [6.07, 6.45) is 2.34. The van der Waals surface area contributed by atoms with Crippen LogP contribution in [0.3, 0.4) is 0 Å². The Labute approximate surface area is 112 Å². The molecule has 0 unspecified atom stereocenters. The maximum absolute atomic E-state index is 11.8. The summed E-state index contributed by atoms with van der Waals surface area (Å²) in [7, 11) is 0. The van der Waals surface area contributed by atoms with Crippen LogP contribution in [0.4, 0.5) is 0 Å². The zero-order valence-electron chi connectivity index (χ0n) is 12.5. The molecule has 4 nitrogen and oxygen atoms in total. The van der Waals surface area contributed by atoms with Crippen LogP contribution in [0.2, 0.25) is 0 Å². The molecule has 108 valence electrons. The van der Waals surface area contributed by atoms with E-state index in [0.29, 0.717) is 12.5 Å². The SMILES string of the molecule is CCN(CC)C(=O)CCCN(CCCO)C(C)C. The highest BCUT2D eigenvalue weighted by Gasteiger charge is 2.12. The molecule has 0 bridgehead atoms. The first-order valence-electron chi connectivity index (χ1n) is 7.19. The Kier molecular flexibility index (Phi) is 9.98. The molecule has 0 aromatic rings. The lowest BCUT2D eigenvalue weighted by atomic mass is 10.2. The summed E-state index contributed by atoms with van der Waals surface area (Å²) in [4.78, 5) is 16.0. The molecule has 4 heteroatoms. The molecule has 0 radical (unpaired) electrons. The molecule has 18 heavy (non-hydrogen) atoms. The summed E-state index contributed by atoms with van der Waals surface area (Å²) < 4.78 is 0. The highest BCUT2D eigenvalue weighted by Crippen LogP contribution is 2.04. The quantitative estimate of drug-likeness (QED) is 0.649. The Morgan fingerprint density at radius 3 is 2.11 bits per heavy atom. The van der Waals surface area contributed by atoms with Gasteiger partial charge in [-0.15, -0.1) is 0 Å². The number of nitrogens with zero attached hydrogens (tertiary/aromatic N) is 2. The smallest absolute Gasteiger partial charge is 0.222 e. The number of amides is 1. The minimum Gasteiger partial charge on any atom is -0.396 e. The lowest BCUT2D eigenvalue weighted by Crippen LogP contribution is -2.35. The Hall–Kier alpha value is -0.610. The molecule has 0 atom stereocenters. The Morgan fingerprint density at radius 1 is 1.11 bits per heavy atom. The van der Waals surface area contributed by atoms with Gasteiger partial charge < -0.3 is 14.9 Å². The van der Waals surface area contributed by atoms with Crippen LogP contribution < -0.4 is 0 Å². The highest BCUT2D eigenvalue weighted by molar-refractivity contribution is 5.76. The first-order chi connectivity index (χ1) is 8.56. The third-order valence-electron chi connectivity index (χ3n) is 3.29. The Bertz CT molecular complexity index is 216. The third kappa shape index (κ3) is 6.97. The van der Waals surface area contributed by atoms with Gasteiger partial charge in [0.05, 0.1) is 0 Å². The third-order valence-corrected chi connectivity index (χ3v) is 3.29. The Morgan fingerprint density at radius 2 is 1.67 bits per heavy atom. The van der Waals surface area contributed by atoms with Crippen molar-refractivity contribution >= 4 is 5.91 Å². The number of aliphatic hydroxyl groups excluding tert-OH is 1. The van der Waals surface area contributed by atoms with Crippen molar-refractivity contribution in [3.8, 4) is 0 Å². The minimum absolute atomic E-state index is 0.238. The molecule has 0 saturated carbocycles. The summed E-state index contributed by atoms with van der Waals surface area (Å²) in [6, 6.07) is 0.472. The average molecular weight is 258 g/mol. The van der Waals surface area contributed by atoms with Gasteiger partial charge in [-0.1, -0.05) is 0 Å². The molecule has 0 spiro atoms. The van der Waals surface area contributed by atoms with Gasteiger partial charge in [-0.3, -0.25) is 4.79 Å². The van der Waals surface area contributed by atoms with E-state index >= 15 is 0 Å². The van der Waals surface area contributed by atoms with Gasteiger partial charge in [0.2, 0.25) is 5.91 Å². The second-order valence-electron chi connectivity index (χ2n) is 4.88. The van der Waals surface area contributed by atoms with Crippen LogP contribution in [0.5, 0.6) is 0 Å². The largest absolute Gasteiger partial charge is 0.396 e. The van der Waals surface area contributed by atoms with Crippen LogP contribution in [0.25, 0.3) is 0 Å². The topological polar surface area (TPSA) is 43.8 Å². The van der Waals surface area contributed by atoms with Gasteiger partial charge in [0.15, 0.2) is 0 Å². The summed E-state index contributed by atoms with van der Waals surface area (Å²) >= 11 is 0. The van der Waals surface area contributed by atoms with Crippen molar-refractivity contribution in [1.82, 2.24) is 9.80 Å². The number of hydrogen-bond acceptors (Lipinski definition) is 3. The lowest BCUT2D eigenvalue weighted by Gasteiger charge is -2.26. The van der Waals surface area contributed by atoms with E-state index < -0.39 is 0 Å². The van der Waals surface area contributed by atoms with Gasteiger partial charge in [-0.2, -0.15) is 0 Å². The van der Waals surface area contributed by atoms with Crippen LogP contribution in [0, 0.1) is 0 Å². The van der Waals surface area contributed by atoms with Crippen molar-refractivity contribution in [1.29, 1.82) is 0 Å². The second kappa shape index (κ2) is 10.3. The van der Waals surface area contributed by atoms with Crippen LogP contribution in [-0.4, -0.2) is 59.6 Å². The van der Waals surface area contributed by atoms with E-state index in [1.54, 1.807) is 0 Å². The van der Waals surface area contributed by atoms with Crippen molar-refractivity contribution in [3.63, 3.8) is 0 Å². The van der Waals surface area contributed by atoms with Gasteiger partial charge >= 0.3 is 0 Å². The molecule has 0 aromatic heterocycles. The zero-order valence-corrected chi connectivity index (χ0v) is 12.5. The van der Waals surface area contributed by atoms with E-state index in [1.807, 2.05) is 18.7 Å². The normalized spacial score (nSPS) is 11.3. The van der Waals surface area contributed by atoms with E-state index in [4.69, 9.17) is 5.11 Å². The predicted octanol–water partition coefficient (Wildman–Crippen LogP) is 1.73. The van der Waals surface area contributed by atoms with Crippen molar-refractivity contribution in [2.45, 2.75) is 53.0 Å². The maximum atomic E-state index is 11.8. The van der Waals surface area contributed by atoms with Crippen LogP contribution >= 0.6 is 0 Å². The highest BCUT2D eigenvalue weighted by atomic mass is 16.3. The maximum Gasteiger partial charge on any atom is 0.222 e. The standard InChI is InChI=1S/C14H30N2O2/c1-5-15(6-2)14(18)9-7-10-16(13(3)4)11-8-12-17/h13,17H,5-12H2,1-4H3. The van der Waals surface area contributed by atoms with E-state index in [9.17, 15) is 4.79 Å². The molecular weight excluding hydrogens is 228 g/mol. The van der Waals surface area contributed by atoms with Gasteiger partial charge in [0.1, 0.15) is 0 Å². The first-order valence-corrected chi connectivity index (χ1v) is 7.19. The molecule has 0 heterocycles. The van der Waals surface area contributed by atoms with Crippen molar-refractivity contribution in [2.24, 2.45) is 0 Å². The fourth-order valence-corrected chi connectivity index (χ4v) is 2.07. The molecule has 0 saturated heterocycles. The predicted molar refractivity (Wildman–Crippen MR) is 75.6 cm³/mol. The Balaban J connectivity index is 3.94. The molecule has 0 rings (SSSR count). The van der Waals surface area contributed by atoms with Gasteiger partial charge in [0.25, 0.3) is 0 Å². The van der Waals surface area contributed by atoms with Crippen molar-refractivity contribution < 1.29 is 9.90 Å². The second-order valence-corrected chi connectivity index (χ2v) is 4.88. The first kappa shape index (κ1) is 17.4. The van der Waals surface area contributed by atoms with E-state index in [0.717, 1.165) is 39.0 Å². The molecule has 0 aliphatic heterocycles. The molecule has 0 aliphatic rings. The van der Waals surface area contributed by atoms with Crippen LogP contribution in [-0.2, 0) is 4.79 Å². The van der Waals surface area contributed by atoms with Gasteiger partial charge in [-0.25, -0.2) is 0 Å². The van der Waals surface area contributed by atoms with Crippen molar-refractivity contribution in [3.05, 3.63) is 0 Å². The molecule has 1 N–H and O–H groups in total. The monoisotopic (exact) mass is 258 g/mol. The number of rotatable bonds is 10. The van der Waals surface area contributed by atoms with E-state index in [1.165, 1.54) is 0 Å². The number of carbonyl (C=O) groups excluding carboxylic acids is 1. The number of aliphatic hydroxyl groups is 1. The van der Waals surface area contributed by atoms with Crippen LogP contribution in [0.15, 0.2) is 0 Å². The van der Waals surface area contributed by atoms with Crippen LogP contribution in [0.1, 0.15) is 47.0 Å². The molecular formula is C14H30N2O2. The number of hydrogen-bond donors (Lipinski definition) is 1. The summed E-state index contributed by atoms with van der Waals surface area (Å²) in [5.41, 5.74) is 0. The molecule has 1 amide bonds. The molecule has 0 fully saturated rings. The average Bonchev–Trinajstić information content (AvgIpc) is 2.34. The molecule has 0 aliphatic carbocycles.